The molecular weight excluding hydrogens is 228 g/mol. The van der Waals surface area contributed by atoms with Crippen LogP contribution in [0.1, 0.15) is 12.8 Å². The highest BCUT2D eigenvalue weighted by Crippen LogP contribution is 2.47. The molecule has 0 atom stereocenters. The van der Waals surface area contributed by atoms with Crippen LogP contribution in [0.4, 0.5) is 5.69 Å². The lowest BCUT2D eigenvalue weighted by molar-refractivity contribution is -0.386. The summed E-state index contributed by atoms with van der Waals surface area (Å²) in [5.74, 6) is 0.710. The molecule has 0 aromatic carbocycles. The topological polar surface area (TPSA) is 65.1 Å². The highest BCUT2D eigenvalue weighted by molar-refractivity contribution is 7.80. The first-order valence-electron chi connectivity index (χ1n) is 5.03. The fourth-order valence-corrected chi connectivity index (χ4v) is 2.11. The molecule has 6 heteroatoms. The minimum absolute atomic E-state index is 0.0716. The van der Waals surface area contributed by atoms with Crippen molar-refractivity contribution in [2.75, 3.05) is 5.75 Å². The van der Waals surface area contributed by atoms with E-state index in [2.05, 4.69) is 12.6 Å². The minimum atomic E-state index is -0.640. The Morgan fingerprint density at radius 1 is 1.56 bits per heavy atom. The zero-order chi connectivity index (χ0) is 11.8. The molecular formula is C10H12N2O3S. The molecule has 1 aromatic rings. The number of pyridine rings is 1. The molecule has 5 nitrogen and oxygen atoms in total. The van der Waals surface area contributed by atoms with Crippen molar-refractivity contribution in [3.8, 4) is 0 Å². The van der Waals surface area contributed by atoms with Crippen LogP contribution in [0.15, 0.2) is 23.1 Å². The molecule has 2 rings (SSSR count). The van der Waals surface area contributed by atoms with E-state index in [1.165, 1.54) is 16.7 Å². The van der Waals surface area contributed by atoms with Crippen molar-refractivity contribution in [2.24, 2.45) is 5.41 Å². The molecule has 0 bridgehead atoms. The van der Waals surface area contributed by atoms with Gasteiger partial charge in [-0.2, -0.15) is 12.6 Å². The smallest absolute Gasteiger partial charge is 0.309 e. The van der Waals surface area contributed by atoms with Crippen LogP contribution >= 0.6 is 12.6 Å². The first-order valence-corrected chi connectivity index (χ1v) is 5.66. The van der Waals surface area contributed by atoms with Gasteiger partial charge in [-0.15, -0.1) is 0 Å². The van der Waals surface area contributed by atoms with Crippen molar-refractivity contribution >= 4 is 18.3 Å². The van der Waals surface area contributed by atoms with E-state index in [-0.39, 0.29) is 11.1 Å². The normalized spacial score (nSPS) is 17.1. The fourth-order valence-electron chi connectivity index (χ4n) is 1.69. The van der Waals surface area contributed by atoms with E-state index in [4.69, 9.17) is 0 Å². The van der Waals surface area contributed by atoms with Crippen LogP contribution in [-0.4, -0.2) is 15.2 Å². The lowest BCUT2D eigenvalue weighted by Crippen LogP contribution is -2.26. The maximum absolute atomic E-state index is 11.7. The monoisotopic (exact) mass is 240 g/mol. The highest BCUT2D eigenvalue weighted by Gasteiger charge is 2.41. The van der Waals surface area contributed by atoms with Gasteiger partial charge in [0, 0.05) is 18.8 Å². The molecule has 1 aliphatic carbocycles. The molecule has 16 heavy (non-hydrogen) atoms. The zero-order valence-corrected chi connectivity index (χ0v) is 9.52. The van der Waals surface area contributed by atoms with Crippen molar-refractivity contribution in [1.82, 2.24) is 4.57 Å². The van der Waals surface area contributed by atoms with E-state index in [1.807, 2.05) is 0 Å². The van der Waals surface area contributed by atoms with Crippen LogP contribution in [0.5, 0.6) is 0 Å². The van der Waals surface area contributed by atoms with Gasteiger partial charge >= 0.3 is 11.2 Å². The third-order valence-corrected chi connectivity index (χ3v) is 3.67. The van der Waals surface area contributed by atoms with Crippen molar-refractivity contribution in [1.29, 1.82) is 0 Å². The van der Waals surface area contributed by atoms with Crippen LogP contribution in [-0.2, 0) is 6.54 Å². The Labute approximate surface area is 97.6 Å². The Bertz CT molecular complexity index is 479. The fraction of sp³-hybridized carbons (Fsp3) is 0.500. The largest absolute Gasteiger partial charge is 0.334 e. The molecule has 1 fully saturated rings. The number of hydrogen-bond acceptors (Lipinski definition) is 4. The number of rotatable bonds is 4. The van der Waals surface area contributed by atoms with E-state index in [0.29, 0.717) is 12.3 Å². The zero-order valence-electron chi connectivity index (χ0n) is 8.63. The number of aromatic nitrogens is 1. The van der Waals surface area contributed by atoms with E-state index in [0.717, 1.165) is 12.8 Å². The summed E-state index contributed by atoms with van der Waals surface area (Å²) in [4.78, 5) is 21.7. The molecule has 0 amide bonds. The summed E-state index contributed by atoms with van der Waals surface area (Å²) in [5, 5.41) is 10.6. The molecule has 0 aliphatic heterocycles. The second kappa shape index (κ2) is 3.93. The molecule has 86 valence electrons. The van der Waals surface area contributed by atoms with Gasteiger partial charge in [-0.3, -0.25) is 14.9 Å². The number of nitro groups is 1. The molecule has 1 aliphatic rings. The van der Waals surface area contributed by atoms with Crippen LogP contribution in [0, 0.1) is 15.5 Å². The molecule has 1 saturated carbocycles. The summed E-state index contributed by atoms with van der Waals surface area (Å²) in [5.41, 5.74) is -0.819. The number of hydrogen-bond donors (Lipinski definition) is 1. The first kappa shape index (κ1) is 11.2. The van der Waals surface area contributed by atoms with Crippen LogP contribution in [0.25, 0.3) is 0 Å². The van der Waals surface area contributed by atoms with Crippen LogP contribution in [0.3, 0.4) is 0 Å². The molecule has 0 saturated heterocycles. The van der Waals surface area contributed by atoms with Gasteiger partial charge in [0.05, 0.1) is 4.92 Å². The maximum Gasteiger partial charge on any atom is 0.334 e. The Balaban J connectivity index is 2.32. The van der Waals surface area contributed by atoms with Gasteiger partial charge in [0.15, 0.2) is 0 Å². The third kappa shape index (κ3) is 1.97. The SMILES string of the molecule is O=c1c([N+](=O)[O-])cccn1CC1(CS)CC1. The highest BCUT2D eigenvalue weighted by atomic mass is 32.1. The van der Waals surface area contributed by atoms with E-state index in [1.54, 1.807) is 6.20 Å². The van der Waals surface area contributed by atoms with Gasteiger partial charge in [-0.05, 0) is 30.1 Å². The third-order valence-electron chi connectivity index (χ3n) is 3.00. The predicted molar refractivity (Wildman–Crippen MR) is 62.9 cm³/mol. The van der Waals surface area contributed by atoms with Crippen LogP contribution in [0.2, 0.25) is 0 Å². The summed E-state index contributed by atoms with van der Waals surface area (Å²) in [6.45, 7) is 0.525. The average molecular weight is 240 g/mol. The Hall–Kier alpha value is -1.30. The molecule has 0 spiro atoms. The van der Waals surface area contributed by atoms with Crippen molar-refractivity contribution < 1.29 is 4.92 Å². The molecule has 1 aromatic heterocycles. The summed E-state index contributed by atoms with van der Waals surface area (Å²) < 4.78 is 1.42. The van der Waals surface area contributed by atoms with Crippen molar-refractivity contribution in [2.45, 2.75) is 19.4 Å². The van der Waals surface area contributed by atoms with Crippen LogP contribution < -0.4 is 5.56 Å². The van der Waals surface area contributed by atoms with Gasteiger partial charge in [0.2, 0.25) is 0 Å². The Morgan fingerprint density at radius 3 is 2.75 bits per heavy atom. The van der Waals surface area contributed by atoms with Gasteiger partial charge in [-0.25, -0.2) is 0 Å². The predicted octanol–water partition coefficient (Wildman–Crippen LogP) is 1.47. The minimum Gasteiger partial charge on any atom is -0.309 e. The Morgan fingerprint density at radius 2 is 2.25 bits per heavy atom. The number of thiol groups is 1. The summed E-state index contributed by atoms with van der Waals surface area (Å²) in [6, 6.07) is 2.77. The van der Waals surface area contributed by atoms with Gasteiger partial charge < -0.3 is 4.57 Å². The number of nitrogens with zero attached hydrogens (tertiary/aromatic N) is 2. The second-order valence-corrected chi connectivity index (χ2v) is 4.56. The summed E-state index contributed by atoms with van der Waals surface area (Å²) >= 11 is 4.25. The lowest BCUT2D eigenvalue weighted by Gasteiger charge is -2.13. The van der Waals surface area contributed by atoms with Gasteiger partial charge in [-0.1, -0.05) is 0 Å². The molecule has 0 N–H and O–H groups in total. The van der Waals surface area contributed by atoms with Gasteiger partial charge in [0.25, 0.3) is 0 Å². The van der Waals surface area contributed by atoms with E-state index in [9.17, 15) is 14.9 Å². The summed E-state index contributed by atoms with van der Waals surface area (Å²) in [6.07, 6.45) is 3.66. The Kier molecular flexibility index (Phi) is 2.75. The molecule has 0 radical (unpaired) electrons. The van der Waals surface area contributed by atoms with E-state index >= 15 is 0 Å². The maximum atomic E-state index is 11.7. The quantitative estimate of drug-likeness (QED) is 0.492. The second-order valence-electron chi connectivity index (χ2n) is 4.24. The van der Waals surface area contributed by atoms with Crippen molar-refractivity contribution in [3.05, 3.63) is 38.8 Å². The lowest BCUT2D eigenvalue weighted by atomic mass is 10.1. The summed E-state index contributed by atoms with van der Waals surface area (Å²) in [7, 11) is 0. The molecule has 0 unspecified atom stereocenters. The van der Waals surface area contributed by atoms with E-state index < -0.39 is 10.5 Å². The first-order chi connectivity index (χ1) is 7.58. The van der Waals surface area contributed by atoms with Gasteiger partial charge in [0.1, 0.15) is 0 Å². The van der Waals surface area contributed by atoms with Crippen molar-refractivity contribution in [3.63, 3.8) is 0 Å². The average Bonchev–Trinajstić information content (AvgIpc) is 3.01. The standard InChI is InChI=1S/C10H12N2O3S/c13-9-8(12(14)15)2-1-5-11(9)6-10(7-16)3-4-10/h1-2,5,16H,3-4,6-7H2. The molecule has 1 heterocycles.